The van der Waals surface area contributed by atoms with Crippen LogP contribution in [0.2, 0.25) is 0 Å². The number of anilines is 1. The summed E-state index contributed by atoms with van der Waals surface area (Å²) in [4.78, 5) is 48.7. The average Bonchev–Trinajstić information content (AvgIpc) is 3.54. The first kappa shape index (κ1) is 27.7. The molecule has 4 amide bonds. The largest absolute Gasteiger partial charge is 0.356 e. The number of rotatable bonds is 7. The Bertz CT molecular complexity index is 1880. The van der Waals surface area contributed by atoms with E-state index in [0.717, 1.165) is 46.1 Å². The molecule has 0 bridgehead atoms. The molecule has 3 atom stereocenters. The zero-order chi connectivity index (χ0) is 30.4. The monoisotopic (exact) mass is 582 g/mol. The van der Waals surface area contributed by atoms with Crippen LogP contribution in [0.4, 0.5) is 10.5 Å². The number of nitrogens with zero attached hydrogens (tertiary/aromatic N) is 2. The van der Waals surface area contributed by atoms with Crippen LogP contribution in [0.5, 0.6) is 0 Å². The Labute approximate surface area is 256 Å². The number of fused-ring (bicyclic) bond motifs is 4. The van der Waals surface area contributed by atoms with E-state index < -0.39 is 18.1 Å². The van der Waals surface area contributed by atoms with Crippen molar-refractivity contribution in [3.63, 3.8) is 0 Å². The number of aryl methyl sites for hydroxylation is 2. The summed E-state index contributed by atoms with van der Waals surface area (Å²) in [6, 6.07) is 31.5. The third kappa shape index (κ3) is 4.74. The van der Waals surface area contributed by atoms with Crippen LogP contribution in [0.25, 0.3) is 10.9 Å². The highest BCUT2D eigenvalue weighted by atomic mass is 16.2. The van der Waals surface area contributed by atoms with Crippen molar-refractivity contribution < 1.29 is 14.4 Å². The molecule has 7 rings (SSSR count). The predicted octanol–water partition coefficient (Wildman–Crippen LogP) is 6.71. The average molecular weight is 583 g/mol. The summed E-state index contributed by atoms with van der Waals surface area (Å²) < 4.78 is 0. The Hall–Kier alpha value is -5.17. The maximum absolute atomic E-state index is 14.4. The molecule has 44 heavy (non-hydrogen) atoms. The maximum Gasteiger partial charge on any atom is 0.332 e. The van der Waals surface area contributed by atoms with Crippen LogP contribution in [0.15, 0.2) is 103 Å². The predicted molar refractivity (Wildman–Crippen MR) is 172 cm³/mol. The van der Waals surface area contributed by atoms with Crippen molar-refractivity contribution in [1.29, 1.82) is 0 Å². The molecule has 220 valence electrons. The number of nitrogens with one attached hydrogen (secondary N) is 2. The first-order valence-electron chi connectivity index (χ1n) is 15.2. The van der Waals surface area contributed by atoms with Gasteiger partial charge < -0.3 is 10.3 Å². The van der Waals surface area contributed by atoms with E-state index in [1.54, 1.807) is 29.2 Å². The lowest BCUT2D eigenvalue weighted by Gasteiger charge is -2.36. The second-order valence-electron chi connectivity index (χ2n) is 11.9. The SMILES string of the molecule is Cc1ccc(C2c3[nH]c4ccccc4c3CC3C(=O)N(c4ccccc4C(=O)NC(C)CCc4ccccc4)C(=O)N32)cc1. The first-order chi connectivity index (χ1) is 21.4. The smallest absolute Gasteiger partial charge is 0.332 e. The van der Waals surface area contributed by atoms with E-state index in [1.165, 1.54) is 10.5 Å². The molecule has 0 radical (unpaired) electrons. The summed E-state index contributed by atoms with van der Waals surface area (Å²) in [5.74, 6) is -0.627. The number of urea groups is 1. The van der Waals surface area contributed by atoms with Gasteiger partial charge in [-0.05, 0) is 61.6 Å². The highest BCUT2D eigenvalue weighted by Crippen LogP contribution is 2.45. The number of aromatic amines is 1. The van der Waals surface area contributed by atoms with Crippen molar-refractivity contribution in [3.8, 4) is 0 Å². The van der Waals surface area contributed by atoms with Gasteiger partial charge in [0.25, 0.3) is 11.8 Å². The van der Waals surface area contributed by atoms with Gasteiger partial charge in [0.1, 0.15) is 12.1 Å². The number of hydrogen-bond acceptors (Lipinski definition) is 3. The second-order valence-corrected chi connectivity index (χ2v) is 11.9. The zero-order valence-corrected chi connectivity index (χ0v) is 24.8. The second kappa shape index (κ2) is 11.2. The number of aromatic nitrogens is 1. The molecule has 2 aliphatic heterocycles. The third-order valence-corrected chi connectivity index (χ3v) is 8.92. The molecule has 7 nitrogen and oxygen atoms in total. The number of imide groups is 1. The van der Waals surface area contributed by atoms with Gasteiger partial charge in [0.15, 0.2) is 0 Å². The minimum absolute atomic E-state index is 0.101. The number of hydrogen-bond donors (Lipinski definition) is 2. The lowest BCUT2D eigenvalue weighted by atomic mass is 9.88. The summed E-state index contributed by atoms with van der Waals surface area (Å²) in [6.45, 7) is 4.00. The van der Waals surface area contributed by atoms with Crippen molar-refractivity contribution in [2.45, 2.75) is 51.2 Å². The van der Waals surface area contributed by atoms with Gasteiger partial charge in [-0.25, -0.2) is 9.69 Å². The molecule has 1 fully saturated rings. The summed E-state index contributed by atoms with van der Waals surface area (Å²) >= 11 is 0. The minimum atomic E-state index is -0.693. The van der Waals surface area contributed by atoms with Gasteiger partial charge in [-0.2, -0.15) is 0 Å². The van der Waals surface area contributed by atoms with Crippen LogP contribution >= 0.6 is 0 Å². The lowest BCUT2D eigenvalue weighted by molar-refractivity contribution is -0.120. The van der Waals surface area contributed by atoms with Gasteiger partial charge in [-0.1, -0.05) is 90.5 Å². The molecule has 0 spiro atoms. The van der Waals surface area contributed by atoms with Crippen LogP contribution in [-0.2, 0) is 17.6 Å². The Kier molecular flexibility index (Phi) is 7.01. The topological polar surface area (TPSA) is 85.5 Å². The Morgan fingerprint density at radius 1 is 0.909 bits per heavy atom. The summed E-state index contributed by atoms with van der Waals surface area (Å²) in [7, 11) is 0. The molecule has 1 saturated heterocycles. The van der Waals surface area contributed by atoms with E-state index in [1.807, 2.05) is 74.5 Å². The molecule has 3 heterocycles. The minimum Gasteiger partial charge on any atom is -0.356 e. The van der Waals surface area contributed by atoms with Gasteiger partial charge in [-0.15, -0.1) is 0 Å². The van der Waals surface area contributed by atoms with Gasteiger partial charge in [-0.3, -0.25) is 14.5 Å². The number of carbonyl (C=O) groups excluding carboxylic acids is 3. The highest BCUT2D eigenvalue weighted by molar-refractivity contribution is 6.24. The molecule has 4 aromatic carbocycles. The zero-order valence-electron chi connectivity index (χ0n) is 24.8. The molecule has 1 aromatic heterocycles. The molecule has 0 aliphatic carbocycles. The molecule has 2 N–H and O–H groups in total. The normalized spacial score (nSPS) is 18.3. The molecule has 7 heteroatoms. The van der Waals surface area contributed by atoms with Crippen LogP contribution in [0.3, 0.4) is 0 Å². The van der Waals surface area contributed by atoms with Crippen molar-refractivity contribution in [1.82, 2.24) is 15.2 Å². The number of H-pyrrole nitrogens is 1. The number of benzene rings is 4. The third-order valence-electron chi connectivity index (χ3n) is 8.92. The number of para-hydroxylation sites is 2. The van der Waals surface area contributed by atoms with Gasteiger partial charge in [0.2, 0.25) is 0 Å². The first-order valence-corrected chi connectivity index (χ1v) is 15.2. The number of amides is 4. The molecule has 2 aliphatic rings. The van der Waals surface area contributed by atoms with Gasteiger partial charge >= 0.3 is 6.03 Å². The van der Waals surface area contributed by atoms with Crippen LogP contribution in [-0.4, -0.2) is 39.8 Å². The quantitative estimate of drug-likeness (QED) is 0.209. The fraction of sp³-hybridized carbons (Fsp3) is 0.216. The van der Waals surface area contributed by atoms with Crippen LogP contribution in [0.1, 0.15) is 57.7 Å². The lowest BCUT2D eigenvalue weighted by Crippen LogP contribution is -2.44. The standard InChI is InChI=1S/C37H34N4O3/c1-23-16-20-26(21-17-23)34-33-29(27-12-6-8-14-30(27)39-33)22-32-36(43)41(37(44)40(32)34)31-15-9-7-13-28(31)35(42)38-24(2)18-19-25-10-4-3-5-11-25/h3-17,20-21,24,32,34,39H,18-19,22H2,1-2H3,(H,38,42). The van der Waals surface area contributed by atoms with Crippen LogP contribution < -0.4 is 10.2 Å². The molecule has 0 saturated carbocycles. The van der Waals surface area contributed by atoms with Crippen molar-refractivity contribution in [2.24, 2.45) is 0 Å². The van der Waals surface area contributed by atoms with Crippen LogP contribution in [0, 0.1) is 6.92 Å². The highest BCUT2D eigenvalue weighted by Gasteiger charge is 2.53. The molecule has 3 unspecified atom stereocenters. The van der Waals surface area contributed by atoms with E-state index in [2.05, 4.69) is 28.5 Å². The van der Waals surface area contributed by atoms with Gasteiger partial charge in [0.05, 0.1) is 11.3 Å². The fourth-order valence-electron chi connectivity index (χ4n) is 6.65. The molecule has 5 aromatic rings. The van der Waals surface area contributed by atoms with E-state index in [-0.39, 0.29) is 17.9 Å². The molecular weight excluding hydrogens is 548 g/mol. The maximum atomic E-state index is 14.4. The van der Waals surface area contributed by atoms with E-state index in [4.69, 9.17) is 0 Å². The Balaban J connectivity index is 1.22. The number of carbonyl (C=O) groups is 3. The van der Waals surface area contributed by atoms with E-state index in [9.17, 15) is 14.4 Å². The summed E-state index contributed by atoms with van der Waals surface area (Å²) in [5, 5.41) is 4.14. The molecular formula is C37H34N4O3. The Morgan fingerprint density at radius 2 is 1.61 bits per heavy atom. The fourth-order valence-corrected chi connectivity index (χ4v) is 6.65. The van der Waals surface area contributed by atoms with Crippen molar-refractivity contribution >= 4 is 34.4 Å². The van der Waals surface area contributed by atoms with E-state index >= 15 is 0 Å². The van der Waals surface area contributed by atoms with E-state index in [0.29, 0.717) is 17.7 Å². The van der Waals surface area contributed by atoms with Gasteiger partial charge in [0, 0.05) is 29.1 Å². The van der Waals surface area contributed by atoms with Crippen molar-refractivity contribution in [3.05, 3.63) is 137 Å². The summed E-state index contributed by atoms with van der Waals surface area (Å²) in [6.07, 6.45) is 1.99. The Morgan fingerprint density at radius 3 is 2.41 bits per heavy atom. The van der Waals surface area contributed by atoms with Crippen molar-refractivity contribution in [2.75, 3.05) is 4.90 Å². The summed E-state index contributed by atoms with van der Waals surface area (Å²) in [5.41, 5.74) is 6.81.